The van der Waals surface area contributed by atoms with Gasteiger partial charge < -0.3 is 4.90 Å². The molecule has 2 atom stereocenters. The summed E-state index contributed by atoms with van der Waals surface area (Å²) in [7, 11) is 0. The minimum atomic E-state index is -0.695. The highest BCUT2D eigenvalue weighted by atomic mass is 79.9. The van der Waals surface area contributed by atoms with Crippen LogP contribution in [0.25, 0.3) is 0 Å². The lowest BCUT2D eigenvalue weighted by Crippen LogP contribution is -2.41. The molecule has 0 N–H and O–H groups in total. The number of amides is 1. The highest BCUT2D eigenvalue weighted by Crippen LogP contribution is 2.49. The summed E-state index contributed by atoms with van der Waals surface area (Å²) in [5.41, 5.74) is 0.973. The largest absolute Gasteiger partial charge is 0.342 e. The fraction of sp³-hybridized carbons (Fsp3) is 0.364. The summed E-state index contributed by atoms with van der Waals surface area (Å²) < 4.78 is 28.2. The molecule has 1 amide bonds. The fourth-order valence-corrected chi connectivity index (χ4v) is 4.49. The molecule has 1 saturated heterocycles. The highest BCUT2D eigenvalue weighted by Gasteiger charge is 2.46. The Kier molecular flexibility index (Phi) is 5.32. The Morgan fingerprint density at radius 1 is 1.04 bits per heavy atom. The quantitative estimate of drug-likeness (QED) is 0.621. The molecule has 2 unspecified atom stereocenters. The van der Waals surface area contributed by atoms with Gasteiger partial charge in [0.2, 0.25) is 5.91 Å². The average Bonchev–Trinajstić information content (AvgIpc) is 3.50. The number of carbonyl (C=O) groups is 2. The van der Waals surface area contributed by atoms with Crippen LogP contribution in [0, 0.1) is 23.5 Å². The van der Waals surface area contributed by atoms with Gasteiger partial charge in [-0.3, -0.25) is 9.59 Å². The van der Waals surface area contributed by atoms with Crippen LogP contribution in [0.3, 0.4) is 0 Å². The molecule has 0 bridgehead atoms. The fourth-order valence-electron chi connectivity index (χ4n) is 4.08. The van der Waals surface area contributed by atoms with Gasteiger partial charge in [-0.1, -0.05) is 28.1 Å². The third-order valence-corrected chi connectivity index (χ3v) is 6.25. The molecule has 4 rings (SSSR count). The van der Waals surface area contributed by atoms with Crippen molar-refractivity contribution in [1.82, 2.24) is 4.90 Å². The second-order valence-corrected chi connectivity index (χ2v) is 8.51. The predicted octanol–water partition coefficient (Wildman–Crippen LogP) is 4.95. The molecule has 0 spiro atoms. The van der Waals surface area contributed by atoms with Crippen LogP contribution in [0.15, 0.2) is 46.9 Å². The van der Waals surface area contributed by atoms with E-state index in [-0.39, 0.29) is 35.0 Å². The van der Waals surface area contributed by atoms with Crippen molar-refractivity contribution in [1.29, 1.82) is 0 Å². The van der Waals surface area contributed by atoms with Crippen molar-refractivity contribution in [3.63, 3.8) is 0 Å². The predicted molar refractivity (Wildman–Crippen MR) is 105 cm³/mol. The number of ketones is 1. The maximum atomic E-state index is 13.9. The van der Waals surface area contributed by atoms with Gasteiger partial charge in [0.1, 0.15) is 11.6 Å². The van der Waals surface area contributed by atoms with Crippen LogP contribution < -0.4 is 0 Å². The Morgan fingerprint density at radius 2 is 1.79 bits per heavy atom. The molecule has 0 aromatic heterocycles. The summed E-state index contributed by atoms with van der Waals surface area (Å²) in [6, 6.07) is 11.0. The molecule has 6 heteroatoms. The molecule has 1 heterocycles. The maximum absolute atomic E-state index is 13.9. The molecule has 1 aliphatic carbocycles. The van der Waals surface area contributed by atoms with Crippen LogP contribution in [0.1, 0.15) is 41.1 Å². The number of Topliss-reactive ketones (excluding diaryl/α,β-unsaturated/α-hetero) is 1. The summed E-state index contributed by atoms with van der Waals surface area (Å²) in [5, 5.41) is 0. The highest BCUT2D eigenvalue weighted by molar-refractivity contribution is 9.10. The molecule has 28 heavy (non-hydrogen) atoms. The van der Waals surface area contributed by atoms with E-state index in [2.05, 4.69) is 22.0 Å². The number of nitrogens with zero attached hydrogens (tertiary/aromatic N) is 1. The molecule has 1 aliphatic heterocycles. The van der Waals surface area contributed by atoms with Crippen LogP contribution in [-0.2, 0) is 4.79 Å². The maximum Gasteiger partial charge on any atom is 0.226 e. The van der Waals surface area contributed by atoms with E-state index >= 15 is 0 Å². The number of halogens is 3. The van der Waals surface area contributed by atoms with Gasteiger partial charge >= 0.3 is 0 Å². The number of piperidine rings is 1. The molecular formula is C22H20BrF2NO2. The molecule has 1 saturated carbocycles. The lowest BCUT2D eigenvalue weighted by Gasteiger charge is -2.31. The SMILES string of the molecule is O=C(c1cc(F)ccc1F)C1CCN(C(=O)C2CC2c2cccc(Br)c2)CC1. The summed E-state index contributed by atoms with van der Waals surface area (Å²) in [4.78, 5) is 27.2. The molecule has 3 nitrogen and oxygen atoms in total. The van der Waals surface area contributed by atoms with Crippen LogP contribution in [0.5, 0.6) is 0 Å². The first-order chi connectivity index (χ1) is 13.4. The second-order valence-electron chi connectivity index (χ2n) is 7.59. The van der Waals surface area contributed by atoms with E-state index in [0.29, 0.717) is 25.9 Å². The Bertz CT molecular complexity index is 925. The van der Waals surface area contributed by atoms with E-state index in [1.807, 2.05) is 23.1 Å². The van der Waals surface area contributed by atoms with Crippen molar-refractivity contribution in [2.45, 2.75) is 25.2 Å². The minimum absolute atomic E-state index is 0.00205. The molecule has 2 fully saturated rings. The second kappa shape index (κ2) is 7.74. The first kappa shape index (κ1) is 19.2. The van der Waals surface area contributed by atoms with Crippen LogP contribution in [0.4, 0.5) is 8.78 Å². The normalized spacial score (nSPS) is 22.2. The molecular weight excluding hydrogens is 428 g/mol. The van der Waals surface area contributed by atoms with Gasteiger partial charge in [-0.25, -0.2) is 8.78 Å². The molecule has 146 valence electrons. The number of rotatable bonds is 4. The molecule has 2 aliphatic rings. The van der Waals surface area contributed by atoms with Crippen LogP contribution in [0.2, 0.25) is 0 Å². The Hall–Kier alpha value is -2.08. The monoisotopic (exact) mass is 447 g/mol. The third kappa shape index (κ3) is 3.88. The van der Waals surface area contributed by atoms with E-state index in [4.69, 9.17) is 0 Å². The Labute approximate surface area is 170 Å². The Balaban J connectivity index is 1.35. The van der Waals surface area contributed by atoms with Crippen molar-refractivity contribution in [3.05, 3.63) is 69.7 Å². The summed E-state index contributed by atoms with van der Waals surface area (Å²) in [6.45, 7) is 0.960. The van der Waals surface area contributed by atoms with Crippen molar-refractivity contribution >= 4 is 27.6 Å². The first-order valence-electron chi connectivity index (χ1n) is 9.47. The number of hydrogen-bond acceptors (Lipinski definition) is 2. The van der Waals surface area contributed by atoms with Crippen molar-refractivity contribution < 1.29 is 18.4 Å². The topological polar surface area (TPSA) is 37.4 Å². The van der Waals surface area contributed by atoms with Crippen molar-refractivity contribution in [2.24, 2.45) is 11.8 Å². The number of carbonyl (C=O) groups excluding carboxylic acids is 2. The number of hydrogen-bond donors (Lipinski definition) is 0. The molecule has 2 aromatic carbocycles. The number of likely N-dealkylation sites (tertiary alicyclic amines) is 1. The van der Waals surface area contributed by atoms with Gasteiger partial charge in [0, 0.05) is 29.4 Å². The van der Waals surface area contributed by atoms with E-state index in [1.54, 1.807) is 0 Å². The lowest BCUT2D eigenvalue weighted by molar-refractivity contribution is -0.133. The summed E-state index contributed by atoms with van der Waals surface area (Å²) in [5.74, 6) is -1.67. The van der Waals surface area contributed by atoms with Gasteiger partial charge in [0.05, 0.1) is 5.56 Å². The van der Waals surface area contributed by atoms with Gasteiger partial charge in [-0.05, 0) is 61.1 Å². The van der Waals surface area contributed by atoms with Gasteiger partial charge in [0.15, 0.2) is 5.78 Å². The van der Waals surface area contributed by atoms with Crippen molar-refractivity contribution in [3.8, 4) is 0 Å². The zero-order valence-corrected chi connectivity index (χ0v) is 16.8. The van der Waals surface area contributed by atoms with Crippen molar-refractivity contribution in [2.75, 3.05) is 13.1 Å². The summed E-state index contributed by atoms with van der Waals surface area (Å²) in [6.07, 6.45) is 1.81. The minimum Gasteiger partial charge on any atom is -0.342 e. The van der Waals surface area contributed by atoms with E-state index in [0.717, 1.165) is 29.1 Å². The standard InChI is InChI=1S/C22H20BrF2NO2/c23-15-3-1-2-14(10-15)17-12-18(17)22(28)26-8-6-13(7-9-26)21(27)19-11-16(24)4-5-20(19)25/h1-5,10-11,13,17-18H,6-9,12H2. The number of benzene rings is 2. The van der Waals surface area contributed by atoms with Gasteiger partial charge in [0.25, 0.3) is 0 Å². The van der Waals surface area contributed by atoms with E-state index < -0.39 is 11.6 Å². The van der Waals surface area contributed by atoms with E-state index in [1.165, 1.54) is 5.56 Å². The lowest BCUT2D eigenvalue weighted by atomic mass is 9.88. The Morgan fingerprint density at radius 3 is 2.50 bits per heavy atom. The summed E-state index contributed by atoms with van der Waals surface area (Å²) >= 11 is 3.46. The average molecular weight is 448 g/mol. The zero-order chi connectivity index (χ0) is 19.8. The van der Waals surface area contributed by atoms with E-state index in [9.17, 15) is 18.4 Å². The molecule has 0 radical (unpaired) electrons. The van der Waals surface area contributed by atoms with Gasteiger partial charge in [-0.2, -0.15) is 0 Å². The third-order valence-electron chi connectivity index (χ3n) is 5.76. The molecule has 2 aromatic rings. The van der Waals surface area contributed by atoms with Crippen LogP contribution >= 0.6 is 15.9 Å². The zero-order valence-electron chi connectivity index (χ0n) is 15.2. The van der Waals surface area contributed by atoms with Gasteiger partial charge in [-0.15, -0.1) is 0 Å². The smallest absolute Gasteiger partial charge is 0.226 e. The first-order valence-corrected chi connectivity index (χ1v) is 10.3. The van der Waals surface area contributed by atoms with Crippen LogP contribution in [-0.4, -0.2) is 29.7 Å².